The second kappa shape index (κ2) is 5.73. The molecule has 0 aliphatic carbocycles. The van der Waals surface area contributed by atoms with Gasteiger partial charge in [0.25, 0.3) is 0 Å². The molecule has 0 radical (unpaired) electrons. The van der Waals surface area contributed by atoms with Crippen LogP contribution in [0.4, 0.5) is 19.0 Å². The maximum absolute atomic E-state index is 12.2. The van der Waals surface area contributed by atoms with E-state index in [0.29, 0.717) is 11.4 Å². The van der Waals surface area contributed by atoms with E-state index in [9.17, 15) is 13.2 Å². The molecule has 0 saturated carbocycles. The highest BCUT2D eigenvalue weighted by Crippen LogP contribution is 2.30. The number of rotatable bonds is 4. The molecule has 0 aliphatic heterocycles. The van der Waals surface area contributed by atoms with Crippen LogP contribution in [0.25, 0.3) is 0 Å². The van der Waals surface area contributed by atoms with Crippen molar-refractivity contribution in [2.45, 2.75) is 32.4 Å². The topological polar surface area (TPSA) is 29.0 Å². The minimum atomic E-state index is -4.18. The number of hydrogen-bond donors (Lipinski definition) is 0. The third kappa shape index (κ3) is 4.01. The highest BCUT2D eigenvalue weighted by atomic mass is 35.5. The van der Waals surface area contributed by atoms with Crippen molar-refractivity contribution in [2.24, 2.45) is 0 Å². The number of hydrogen-bond acceptors (Lipinski definition) is 3. The first-order valence-electron chi connectivity index (χ1n) is 5.50. The van der Waals surface area contributed by atoms with Crippen molar-refractivity contribution < 1.29 is 13.2 Å². The van der Waals surface area contributed by atoms with Crippen molar-refractivity contribution in [1.82, 2.24) is 9.97 Å². The Morgan fingerprint density at radius 3 is 2.44 bits per heavy atom. The fourth-order valence-corrected chi connectivity index (χ4v) is 1.91. The predicted molar refractivity (Wildman–Crippen MR) is 65.1 cm³/mol. The Labute approximate surface area is 109 Å². The van der Waals surface area contributed by atoms with Crippen LogP contribution in [-0.4, -0.2) is 29.7 Å². The standard InChI is InChI=1S/C11H15ClF3N3/c1-7(2)8-9(12)16-6-17-10(8)18(3)5-4-11(13,14)15/h6-7H,4-5H2,1-3H3. The summed E-state index contributed by atoms with van der Waals surface area (Å²) >= 11 is 5.96. The molecule has 7 heteroatoms. The van der Waals surface area contributed by atoms with Crippen LogP contribution in [0.15, 0.2) is 6.33 Å². The van der Waals surface area contributed by atoms with E-state index >= 15 is 0 Å². The van der Waals surface area contributed by atoms with E-state index < -0.39 is 12.6 Å². The fraction of sp³-hybridized carbons (Fsp3) is 0.636. The lowest BCUT2D eigenvalue weighted by atomic mass is 10.1. The van der Waals surface area contributed by atoms with Gasteiger partial charge in [-0.3, -0.25) is 0 Å². The summed E-state index contributed by atoms with van der Waals surface area (Å²) in [7, 11) is 1.57. The first kappa shape index (κ1) is 15.0. The van der Waals surface area contributed by atoms with Crippen LogP contribution < -0.4 is 4.90 Å². The van der Waals surface area contributed by atoms with Gasteiger partial charge < -0.3 is 4.90 Å². The molecule has 18 heavy (non-hydrogen) atoms. The molecule has 0 aliphatic rings. The van der Waals surface area contributed by atoms with Gasteiger partial charge in [-0.1, -0.05) is 25.4 Å². The molecule has 0 saturated heterocycles. The summed E-state index contributed by atoms with van der Waals surface area (Å²) in [6.07, 6.45) is -3.81. The quantitative estimate of drug-likeness (QED) is 0.789. The van der Waals surface area contributed by atoms with Crippen LogP contribution in [0.3, 0.4) is 0 Å². The van der Waals surface area contributed by atoms with Crippen LogP contribution in [0.2, 0.25) is 5.15 Å². The van der Waals surface area contributed by atoms with Gasteiger partial charge in [-0.2, -0.15) is 13.2 Å². The SMILES string of the molecule is CC(C)c1c(Cl)ncnc1N(C)CCC(F)(F)F. The lowest BCUT2D eigenvalue weighted by Gasteiger charge is -2.23. The Balaban J connectivity index is 2.92. The minimum Gasteiger partial charge on any atom is -0.359 e. The summed E-state index contributed by atoms with van der Waals surface area (Å²) in [5.74, 6) is 0.497. The summed E-state index contributed by atoms with van der Waals surface area (Å²) in [6, 6.07) is 0. The predicted octanol–water partition coefficient (Wildman–Crippen LogP) is 3.64. The molecule has 102 valence electrons. The zero-order valence-electron chi connectivity index (χ0n) is 10.4. The van der Waals surface area contributed by atoms with Crippen molar-refractivity contribution in [3.63, 3.8) is 0 Å². The number of anilines is 1. The van der Waals surface area contributed by atoms with Crippen molar-refractivity contribution in [3.05, 3.63) is 17.0 Å². The van der Waals surface area contributed by atoms with Gasteiger partial charge in [0.15, 0.2) is 0 Å². The molecule has 1 rings (SSSR count). The molecule has 0 fully saturated rings. The molecule has 1 aromatic heterocycles. The van der Waals surface area contributed by atoms with Gasteiger partial charge in [0.2, 0.25) is 0 Å². The molecule has 1 aromatic rings. The molecule has 0 amide bonds. The number of alkyl halides is 3. The zero-order chi connectivity index (χ0) is 13.9. The average molecular weight is 282 g/mol. The summed E-state index contributed by atoms with van der Waals surface area (Å²) in [6.45, 7) is 3.63. The van der Waals surface area contributed by atoms with Crippen LogP contribution in [0.5, 0.6) is 0 Å². The summed E-state index contributed by atoms with van der Waals surface area (Å²) in [5, 5.41) is 0.286. The Morgan fingerprint density at radius 1 is 1.33 bits per heavy atom. The Kier molecular flexibility index (Phi) is 4.78. The van der Waals surface area contributed by atoms with Crippen LogP contribution >= 0.6 is 11.6 Å². The van der Waals surface area contributed by atoms with E-state index in [0.717, 1.165) is 0 Å². The average Bonchev–Trinajstić information content (AvgIpc) is 2.24. The normalized spacial score (nSPS) is 12.0. The number of aromatic nitrogens is 2. The molecule has 0 spiro atoms. The molecular formula is C11H15ClF3N3. The van der Waals surface area contributed by atoms with E-state index in [-0.39, 0.29) is 17.6 Å². The number of nitrogens with zero attached hydrogens (tertiary/aromatic N) is 3. The lowest BCUT2D eigenvalue weighted by Crippen LogP contribution is -2.26. The van der Waals surface area contributed by atoms with Gasteiger partial charge in [-0.15, -0.1) is 0 Å². The van der Waals surface area contributed by atoms with E-state index in [4.69, 9.17) is 11.6 Å². The Bertz CT molecular complexity index is 407. The van der Waals surface area contributed by atoms with Crippen LogP contribution in [0.1, 0.15) is 31.7 Å². The Hall–Kier alpha value is -1.04. The van der Waals surface area contributed by atoms with E-state index in [1.807, 2.05) is 13.8 Å². The maximum Gasteiger partial charge on any atom is 0.390 e. The smallest absolute Gasteiger partial charge is 0.359 e. The highest BCUT2D eigenvalue weighted by molar-refractivity contribution is 6.30. The largest absolute Gasteiger partial charge is 0.390 e. The first-order valence-corrected chi connectivity index (χ1v) is 5.88. The summed E-state index contributed by atoms with van der Waals surface area (Å²) in [5.41, 5.74) is 0.670. The summed E-state index contributed by atoms with van der Waals surface area (Å²) in [4.78, 5) is 9.34. The molecule has 0 N–H and O–H groups in total. The monoisotopic (exact) mass is 281 g/mol. The second-order valence-corrected chi connectivity index (χ2v) is 4.70. The van der Waals surface area contributed by atoms with Crippen molar-refractivity contribution in [2.75, 3.05) is 18.5 Å². The molecule has 3 nitrogen and oxygen atoms in total. The van der Waals surface area contributed by atoms with Crippen molar-refractivity contribution in [1.29, 1.82) is 0 Å². The molecule has 0 atom stereocenters. The van der Waals surface area contributed by atoms with Crippen molar-refractivity contribution in [3.8, 4) is 0 Å². The second-order valence-electron chi connectivity index (χ2n) is 4.34. The molecular weight excluding hydrogens is 267 g/mol. The maximum atomic E-state index is 12.2. The lowest BCUT2D eigenvalue weighted by molar-refractivity contribution is -0.132. The van der Waals surface area contributed by atoms with E-state index in [2.05, 4.69) is 9.97 Å². The summed E-state index contributed by atoms with van der Waals surface area (Å²) < 4.78 is 36.6. The zero-order valence-corrected chi connectivity index (χ0v) is 11.2. The van der Waals surface area contributed by atoms with Crippen LogP contribution in [0, 0.1) is 0 Å². The van der Waals surface area contributed by atoms with E-state index in [1.54, 1.807) is 7.05 Å². The Morgan fingerprint density at radius 2 is 1.94 bits per heavy atom. The molecule has 0 unspecified atom stereocenters. The molecule has 0 aromatic carbocycles. The number of halogens is 4. The van der Waals surface area contributed by atoms with Gasteiger partial charge in [0.1, 0.15) is 17.3 Å². The third-order valence-electron chi connectivity index (χ3n) is 2.48. The van der Waals surface area contributed by atoms with E-state index in [1.165, 1.54) is 11.2 Å². The minimum absolute atomic E-state index is 0.0436. The molecule has 1 heterocycles. The highest BCUT2D eigenvalue weighted by Gasteiger charge is 2.28. The molecule has 0 bridgehead atoms. The van der Waals surface area contributed by atoms with Crippen LogP contribution in [-0.2, 0) is 0 Å². The first-order chi connectivity index (χ1) is 8.22. The third-order valence-corrected chi connectivity index (χ3v) is 2.79. The van der Waals surface area contributed by atoms with Gasteiger partial charge >= 0.3 is 6.18 Å². The fourth-order valence-electron chi connectivity index (χ4n) is 1.57. The van der Waals surface area contributed by atoms with Gasteiger partial charge in [-0.25, -0.2) is 9.97 Å². The van der Waals surface area contributed by atoms with Gasteiger partial charge in [0.05, 0.1) is 6.42 Å². The van der Waals surface area contributed by atoms with Gasteiger partial charge in [0, 0.05) is 19.2 Å². The van der Waals surface area contributed by atoms with Gasteiger partial charge in [-0.05, 0) is 5.92 Å². The van der Waals surface area contributed by atoms with Crippen molar-refractivity contribution >= 4 is 17.4 Å².